The fraction of sp³-hybridized carbons (Fsp3) is 0.611. The standard InChI is InChI=1S/C18H25ClN2O4/c19-16-1-3-17(4-2-16)25-13-18(23)21-10-14(15(11-21)12-22)9-20-5-7-24-8-6-20/h1-4,14-15,22H,5-13H2/t14-,15-/m0/s1. The molecule has 2 heterocycles. The average Bonchev–Trinajstić information content (AvgIpc) is 3.05. The number of carbonyl (C=O) groups is 1. The maximum Gasteiger partial charge on any atom is 0.260 e. The first-order valence-corrected chi connectivity index (χ1v) is 9.10. The summed E-state index contributed by atoms with van der Waals surface area (Å²) in [5, 5.41) is 10.3. The van der Waals surface area contributed by atoms with Crippen molar-refractivity contribution in [2.75, 3.05) is 59.2 Å². The second-order valence-electron chi connectivity index (χ2n) is 6.66. The van der Waals surface area contributed by atoms with Crippen LogP contribution in [0.2, 0.25) is 5.02 Å². The Hall–Kier alpha value is -1.34. The van der Waals surface area contributed by atoms with Crippen LogP contribution in [0.3, 0.4) is 0 Å². The summed E-state index contributed by atoms with van der Waals surface area (Å²) in [7, 11) is 0. The molecule has 6 nitrogen and oxygen atoms in total. The number of rotatable bonds is 6. The lowest BCUT2D eigenvalue weighted by molar-refractivity contribution is -0.132. The van der Waals surface area contributed by atoms with Gasteiger partial charge in [-0.1, -0.05) is 11.6 Å². The predicted molar refractivity (Wildman–Crippen MR) is 94.9 cm³/mol. The van der Waals surface area contributed by atoms with E-state index in [2.05, 4.69) is 4.90 Å². The third kappa shape index (κ3) is 5.07. The fourth-order valence-electron chi connectivity index (χ4n) is 3.44. The topological polar surface area (TPSA) is 62.2 Å². The van der Waals surface area contributed by atoms with Gasteiger partial charge in [0.2, 0.25) is 0 Å². The Labute approximate surface area is 153 Å². The fourth-order valence-corrected chi connectivity index (χ4v) is 3.56. The second-order valence-corrected chi connectivity index (χ2v) is 7.09. The van der Waals surface area contributed by atoms with E-state index in [1.54, 1.807) is 24.3 Å². The van der Waals surface area contributed by atoms with E-state index in [-0.39, 0.29) is 25.0 Å². The van der Waals surface area contributed by atoms with Gasteiger partial charge in [0.1, 0.15) is 5.75 Å². The summed E-state index contributed by atoms with van der Waals surface area (Å²) in [5.74, 6) is 1.00. The normalized spacial score (nSPS) is 24.5. The van der Waals surface area contributed by atoms with Gasteiger partial charge in [-0.25, -0.2) is 0 Å². The largest absolute Gasteiger partial charge is 0.484 e. The minimum absolute atomic E-state index is 0.00402. The first-order valence-electron chi connectivity index (χ1n) is 8.73. The van der Waals surface area contributed by atoms with E-state index < -0.39 is 0 Å². The predicted octanol–water partition coefficient (Wildman–Crippen LogP) is 1.12. The van der Waals surface area contributed by atoms with Crippen LogP contribution in [0.25, 0.3) is 0 Å². The second kappa shape index (κ2) is 8.85. The number of aliphatic hydroxyl groups excluding tert-OH is 1. The van der Waals surface area contributed by atoms with Crippen molar-refractivity contribution in [2.24, 2.45) is 11.8 Å². The van der Waals surface area contributed by atoms with Gasteiger partial charge in [0.15, 0.2) is 6.61 Å². The van der Waals surface area contributed by atoms with Crippen LogP contribution in [0, 0.1) is 11.8 Å². The molecule has 7 heteroatoms. The molecule has 0 aromatic heterocycles. The molecule has 0 bridgehead atoms. The molecule has 25 heavy (non-hydrogen) atoms. The molecular weight excluding hydrogens is 344 g/mol. The van der Waals surface area contributed by atoms with E-state index >= 15 is 0 Å². The van der Waals surface area contributed by atoms with Crippen LogP contribution in [0.5, 0.6) is 5.75 Å². The van der Waals surface area contributed by atoms with Crippen molar-refractivity contribution < 1.29 is 19.4 Å². The van der Waals surface area contributed by atoms with Crippen LogP contribution in [-0.4, -0.2) is 80.0 Å². The van der Waals surface area contributed by atoms with Crippen LogP contribution in [-0.2, 0) is 9.53 Å². The minimum atomic E-state index is -0.0436. The van der Waals surface area contributed by atoms with E-state index in [9.17, 15) is 9.90 Å². The van der Waals surface area contributed by atoms with E-state index in [1.807, 2.05) is 4.90 Å². The van der Waals surface area contributed by atoms with E-state index in [1.165, 1.54) is 0 Å². The molecule has 2 saturated heterocycles. The molecule has 2 fully saturated rings. The summed E-state index contributed by atoms with van der Waals surface area (Å²) < 4.78 is 10.9. The Morgan fingerprint density at radius 2 is 1.88 bits per heavy atom. The molecule has 2 aliphatic heterocycles. The van der Waals surface area contributed by atoms with Gasteiger partial charge in [-0.2, -0.15) is 0 Å². The van der Waals surface area contributed by atoms with E-state index in [0.29, 0.717) is 29.8 Å². The minimum Gasteiger partial charge on any atom is -0.484 e. The number of likely N-dealkylation sites (tertiary alicyclic amines) is 1. The maximum atomic E-state index is 12.4. The number of aliphatic hydroxyl groups is 1. The highest BCUT2D eigenvalue weighted by atomic mass is 35.5. The third-order valence-electron chi connectivity index (χ3n) is 4.94. The van der Waals surface area contributed by atoms with Crippen molar-refractivity contribution in [3.05, 3.63) is 29.3 Å². The lowest BCUT2D eigenvalue weighted by atomic mass is 9.96. The monoisotopic (exact) mass is 368 g/mol. The molecule has 0 radical (unpaired) electrons. The zero-order valence-electron chi connectivity index (χ0n) is 14.3. The van der Waals surface area contributed by atoms with Gasteiger partial charge in [-0.15, -0.1) is 0 Å². The number of morpholine rings is 1. The van der Waals surface area contributed by atoms with Gasteiger partial charge in [0.25, 0.3) is 5.91 Å². The van der Waals surface area contributed by atoms with Crippen LogP contribution >= 0.6 is 11.6 Å². The molecule has 1 N–H and O–H groups in total. The average molecular weight is 369 g/mol. The summed E-state index contributed by atoms with van der Waals surface area (Å²) in [6, 6.07) is 6.96. The smallest absolute Gasteiger partial charge is 0.260 e. The lowest BCUT2D eigenvalue weighted by Gasteiger charge is -2.30. The number of halogens is 1. The van der Waals surface area contributed by atoms with Crippen molar-refractivity contribution in [1.29, 1.82) is 0 Å². The van der Waals surface area contributed by atoms with Crippen molar-refractivity contribution in [2.45, 2.75) is 0 Å². The number of benzene rings is 1. The number of ether oxygens (including phenoxy) is 2. The molecule has 1 aromatic carbocycles. The van der Waals surface area contributed by atoms with E-state index in [0.717, 1.165) is 32.8 Å². The number of nitrogens with zero attached hydrogens (tertiary/aromatic N) is 2. The Kier molecular flexibility index (Phi) is 6.53. The van der Waals surface area contributed by atoms with Crippen molar-refractivity contribution in [1.82, 2.24) is 9.80 Å². The summed E-state index contributed by atoms with van der Waals surface area (Å²) in [4.78, 5) is 16.6. The van der Waals surface area contributed by atoms with Gasteiger partial charge in [-0.3, -0.25) is 9.69 Å². The summed E-state index contributed by atoms with van der Waals surface area (Å²) in [6.45, 7) is 5.63. The van der Waals surface area contributed by atoms with E-state index in [4.69, 9.17) is 21.1 Å². The molecule has 2 atom stereocenters. The van der Waals surface area contributed by atoms with Gasteiger partial charge < -0.3 is 19.5 Å². The molecule has 0 aliphatic carbocycles. The number of hydrogen-bond acceptors (Lipinski definition) is 5. The highest BCUT2D eigenvalue weighted by Crippen LogP contribution is 2.25. The molecule has 3 rings (SSSR count). The molecule has 0 saturated carbocycles. The Bertz CT molecular complexity index is 563. The Morgan fingerprint density at radius 3 is 2.56 bits per heavy atom. The number of hydrogen-bond donors (Lipinski definition) is 1. The highest BCUT2D eigenvalue weighted by Gasteiger charge is 2.36. The first-order chi connectivity index (χ1) is 12.2. The van der Waals surface area contributed by atoms with Crippen LogP contribution in [0.15, 0.2) is 24.3 Å². The zero-order chi connectivity index (χ0) is 17.6. The van der Waals surface area contributed by atoms with Crippen molar-refractivity contribution in [3.8, 4) is 5.75 Å². The molecule has 1 amide bonds. The molecule has 0 spiro atoms. The molecule has 1 aromatic rings. The maximum absolute atomic E-state index is 12.4. The first kappa shape index (κ1) is 18.5. The quantitative estimate of drug-likeness (QED) is 0.815. The molecule has 2 aliphatic rings. The molecule has 138 valence electrons. The van der Waals surface area contributed by atoms with Gasteiger partial charge in [-0.05, 0) is 30.2 Å². The number of amides is 1. The number of carbonyl (C=O) groups excluding carboxylic acids is 1. The molecular formula is C18H25ClN2O4. The van der Waals surface area contributed by atoms with Crippen LogP contribution in [0.1, 0.15) is 0 Å². The van der Waals surface area contributed by atoms with Gasteiger partial charge >= 0.3 is 0 Å². The summed E-state index contributed by atoms with van der Waals surface area (Å²) in [5.41, 5.74) is 0. The molecule has 0 unspecified atom stereocenters. The summed E-state index contributed by atoms with van der Waals surface area (Å²) >= 11 is 5.84. The van der Waals surface area contributed by atoms with Gasteiger partial charge in [0.05, 0.1) is 13.2 Å². The third-order valence-corrected chi connectivity index (χ3v) is 5.19. The van der Waals surface area contributed by atoms with Crippen molar-refractivity contribution in [3.63, 3.8) is 0 Å². The van der Waals surface area contributed by atoms with Crippen LogP contribution in [0.4, 0.5) is 0 Å². The van der Waals surface area contributed by atoms with Crippen LogP contribution < -0.4 is 4.74 Å². The zero-order valence-corrected chi connectivity index (χ0v) is 15.0. The van der Waals surface area contributed by atoms with Crippen molar-refractivity contribution >= 4 is 17.5 Å². The Morgan fingerprint density at radius 1 is 1.20 bits per heavy atom. The SMILES string of the molecule is O=C(COc1ccc(Cl)cc1)N1C[C@@H](CO)[C@@H](CN2CCOCC2)C1. The Balaban J connectivity index is 1.49. The van der Waals surface area contributed by atoms with Gasteiger partial charge in [0, 0.05) is 50.3 Å². The highest BCUT2D eigenvalue weighted by molar-refractivity contribution is 6.30. The lowest BCUT2D eigenvalue weighted by Crippen LogP contribution is -2.41. The summed E-state index contributed by atoms with van der Waals surface area (Å²) in [6.07, 6.45) is 0.